The second-order valence-corrected chi connectivity index (χ2v) is 4.86. The van der Waals surface area contributed by atoms with Crippen molar-refractivity contribution in [3.63, 3.8) is 0 Å². The lowest BCUT2D eigenvalue weighted by Crippen LogP contribution is -2.23. The molecular weight excluding hydrogens is 274 g/mol. The van der Waals surface area contributed by atoms with Crippen molar-refractivity contribution in [3.05, 3.63) is 41.2 Å². The number of ether oxygens (including phenoxy) is 2. The summed E-state index contributed by atoms with van der Waals surface area (Å²) in [5.41, 5.74) is 1.52. The van der Waals surface area contributed by atoms with E-state index in [1.807, 2.05) is 24.3 Å². The Labute approximate surface area is 121 Å². The van der Waals surface area contributed by atoms with E-state index in [-0.39, 0.29) is 18.4 Å². The van der Waals surface area contributed by atoms with E-state index in [0.717, 1.165) is 17.7 Å². The summed E-state index contributed by atoms with van der Waals surface area (Å²) >= 11 is 0. The molecule has 2 heterocycles. The predicted octanol–water partition coefficient (Wildman–Crippen LogP) is 1.13. The van der Waals surface area contributed by atoms with E-state index in [0.29, 0.717) is 12.2 Å². The van der Waals surface area contributed by atoms with Gasteiger partial charge < -0.3 is 14.6 Å². The lowest BCUT2D eigenvalue weighted by molar-refractivity contribution is 0.0684. The number of hydrogen-bond acceptors (Lipinski definition) is 5. The third-order valence-electron chi connectivity index (χ3n) is 3.41. The molecule has 0 amide bonds. The number of benzene rings is 1. The quantitative estimate of drug-likeness (QED) is 0.887. The van der Waals surface area contributed by atoms with Gasteiger partial charge in [0, 0.05) is 13.5 Å². The molecule has 7 heteroatoms. The number of fused-ring (bicyclic) bond motifs is 1. The molecule has 21 heavy (non-hydrogen) atoms. The van der Waals surface area contributed by atoms with Gasteiger partial charge in [0.05, 0.1) is 18.8 Å². The summed E-state index contributed by atoms with van der Waals surface area (Å²) in [5, 5.41) is 16.7. The van der Waals surface area contributed by atoms with Gasteiger partial charge in [-0.05, 0) is 11.6 Å². The average Bonchev–Trinajstić information content (AvgIpc) is 3.03. The maximum Gasteiger partial charge on any atom is 0.358 e. The third kappa shape index (κ3) is 2.59. The summed E-state index contributed by atoms with van der Waals surface area (Å²) in [7, 11) is 1.50. The second kappa shape index (κ2) is 5.53. The standard InChI is InChI=1S/C14H15N3O4/c1-20-8-11-13(14(18)19)15-16-17(11)7-10-6-9-4-2-3-5-12(9)21-10/h2-5,10H,6-8H2,1H3,(H,18,19). The van der Waals surface area contributed by atoms with E-state index in [2.05, 4.69) is 10.3 Å². The Hall–Kier alpha value is -2.41. The van der Waals surface area contributed by atoms with Crippen LogP contribution >= 0.6 is 0 Å². The number of para-hydroxylation sites is 1. The first-order valence-corrected chi connectivity index (χ1v) is 6.58. The number of aromatic nitrogens is 3. The van der Waals surface area contributed by atoms with Crippen molar-refractivity contribution in [2.24, 2.45) is 0 Å². The number of rotatable bonds is 5. The molecule has 0 bridgehead atoms. The van der Waals surface area contributed by atoms with Crippen LogP contribution in [0.3, 0.4) is 0 Å². The van der Waals surface area contributed by atoms with Crippen LogP contribution in [0.2, 0.25) is 0 Å². The van der Waals surface area contributed by atoms with Crippen molar-refractivity contribution >= 4 is 5.97 Å². The SMILES string of the molecule is COCc1c(C(=O)O)nnn1CC1Cc2ccccc2O1. The minimum atomic E-state index is -1.11. The lowest BCUT2D eigenvalue weighted by atomic mass is 10.1. The molecule has 0 saturated heterocycles. The van der Waals surface area contributed by atoms with E-state index in [4.69, 9.17) is 14.6 Å². The Morgan fingerprint density at radius 2 is 2.33 bits per heavy atom. The van der Waals surface area contributed by atoms with Crippen LogP contribution < -0.4 is 4.74 Å². The van der Waals surface area contributed by atoms with Crippen LogP contribution in [0.1, 0.15) is 21.7 Å². The number of hydrogen-bond donors (Lipinski definition) is 1. The van der Waals surface area contributed by atoms with Gasteiger partial charge in [-0.15, -0.1) is 5.10 Å². The van der Waals surface area contributed by atoms with Gasteiger partial charge in [-0.1, -0.05) is 23.4 Å². The molecule has 110 valence electrons. The molecule has 1 aliphatic rings. The molecule has 1 N–H and O–H groups in total. The fourth-order valence-corrected chi connectivity index (χ4v) is 2.47. The van der Waals surface area contributed by atoms with Gasteiger partial charge in [0.2, 0.25) is 0 Å². The number of methoxy groups -OCH3 is 1. The molecule has 1 aliphatic heterocycles. The van der Waals surface area contributed by atoms with Crippen LogP contribution in [0.4, 0.5) is 0 Å². The summed E-state index contributed by atoms with van der Waals surface area (Å²) in [6.07, 6.45) is 0.687. The van der Waals surface area contributed by atoms with Crippen molar-refractivity contribution in [2.45, 2.75) is 25.7 Å². The fraction of sp³-hybridized carbons (Fsp3) is 0.357. The molecule has 1 unspecified atom stereocenters. The molecule has 3 rings (SSSR count). The highest BCUT2D eigenvalue weighted by Gasteiger charge is 2.26. The molecule has 0 radical (unpaired) electrons. The van der Waals surface area contributed by atoms with Crippen molar-refractivity contribution in [1.29, 1.82) is 0 Å². The smallest absolute Gasteiger partial charge is 0.358 e. The molecule has 0 fully saturated rings. The van der Waals surface area contributed by atoms with E-state index >= 15 is 0 Å². The summed E-state index contributed by atoms with van der Waals surface area (Å²) in [6, 6.07) is 7.85. The Kier molecular flexibility index (Phi) is 3.57. The zero-order chi connectivity index (χ0) is 14.8. The van der Waals surface area contributed by atoms with Crippen molar-refractivity contribution in [2.75, 3.05) is 7.11 Å². The highest BCUT2D eigenvalue weighted by molar-refractivity contribution is 5.86. The van der Waals surface area contributed by atoms with Gasteiger partial charge in [0.15, 0.2) is 5.69 Å². The molecule has 1 aromatic heterocycles. The van der Waals surface area contributed by atoms with Crippen molar-refractivity contribution in [1.82, 2.24) is 15.0 Å². The summed E-state index contributed by atoms with van der Waals surface area (Å²) in [4.78, 5) is 11.1. The molecule has 0 saturated carbocycles. The van der Waals surface area contributed by atoms with Gasteiger partial charge in [-0.25, -0.2) is 9.48 Å². The Bertz CT molecular complexity index is 643. The first kappa shape index (κ1) is 13.6. The number of carboxylic acid groups (broad SMARTS) is 1. The third-order valence-corrected chi connectivity index (χ3v) is 3.41. The number of nitrogens with zero attached hydrogens (tertiary/aromatic N) is 3. The average molecular weight is 289 g/mol. The maximum atomic E-state index is 11.1. The molecule has 1 atom stereocenters. The minimum Gasteiger partial charge on any atom is -0.488 e. The molecular formula is C14H15N3O4. The first-order valence-electron chi connectivity index (χ1n) is 6.58. The number of carboxylic acids is 1. The van der Waals surface area contributed by atoms with Crippen LogP contribution in [0.25, 0.3) is 0 Å². The molecule has 0 aliphatic carbocycles. The zero-order valence-electron chi connectivity index (χ0n) is 11.5. The highest BCUT2D eigenvalue weighted by Crippen LogP contribution is 2.28. The monoisotopic (exact) mass is 289 g/mol. The van der Waals surface area contributed by atoms with Crippen molar-refractivity contribution < 1.29 is 19.4 Å². The van der Waals surface area contributed by atoms with Gasteiger partial charge in [0.25, 0.3) is 0 Å². The number of aromatic carboxylic acids is 1. The predicted molar refractivity (Wildman–Crippen MR) is 72.3 cm³/mol. The fourth-order valence-electron chi connectivity index (χ4n) is 2.47. The number of carbonyl (C=O) groups is 1. The van der Waals surface area contributed by atoms with E-state index in [9.17, 15) is 4.79 Å². The van der Waals surface area contributed by atoms with Gasteiger partial charge in [-0.3, -0.25) is 0 Å². The zero-order valence-corrected chi connectivity index (χ0v) is 11.5. The maximum absolute atomic E-state index is 11.1. The van der Waals surface area contributed by atoms with Gasteiger partial charge in [0.1, 0.15) is 11.9 Å². The largest absolute Gasteiger partial charge is 0.488 e. The normalized spacial score (nSPS) is 16.5. The molecule has 2 aromatic rings. The second-order valence-electron chi connectivity index (χ2n) is 4.86. The van der Waals surface area contributed by atoms with Crippen LogP contribution in [0.5, 0.6) is 5.75 Å². The highest BCUT2D eigenvalue weighted by atomic mass is 16.5. The summed E-state index contributed by atoms with van der Waals surface area (Å²) < 4.78 is 12.4. The van der Waals surface area contributed by atoms with E-state index in [1.165, 1.54) is 7.11 Å². The van der Waals surface area contributed by atoms with E-state index in [1.54, 1.807) is 4.68 Å². The van der Waals surface area contributed by atoms with Crippen LogP contribution in [0.15, 0.2) is 24.3 Å². The molecule has 7 nitrogen and oxygen atoms in total. The Morgan fingerprint density at radius 1 is 1.52 bits per heavy atom. The molecule has 1 aromatic carbocycles. The van der Waals surface area contributed by atoms with Crippen LogP contribution in [-0.2, 0) is 24.3 Å². The van der Waals surface area contributed by atoms with E-state index < -0.39 is 5.97 Å². The lowest BCUT2D eigenvalue weighted by Gasteiger charge is -2.12. The van der Waals surface area contributed by atoms with Crippen molar-refractivity contribution in [3.8, 4) is 5.75 Å². The summed E-state index contributed by atoms with van der Waals surface area (Å²) in [5.74, 6) is -0.238. The topological polar surface area (TPSA) is 86.5 Å². The minimum absolute atomic E-state index is 0.0765. The van der Waals surface area contributed by atoms with Crippen LogP contribution in [-0.4, -0.2) is 39.3 Å². The Morgan fingerprint density at radius 3 is 3.05 bits per heavy atom. The Balaban J connectivity index is 1.79. The summed E-state index contributed by atoms with van der Waals surface area (Å²) in [6.45, 7) is 0.585. The van der Waals surface area contributed by atoms with Crippen LogP contribution in [0, 0.1) is 0 Å². The first-order chi connectivity index (χ1) is 10.2. The van der Waals surface area contributed by atoms with Gasteiger partial charge >= 0.3 is 5.97 Å². The van der Waals surface area contributed by atoms with Gasteiger partial charge in [-0.2, -0.15) is 0 Å². The molecule has 0 spiro atoms.